The van der Waals surface area contributed by atoms with Crippen LogP contribution in [0.1, 0.15) is 64.4 Å². The molecule has 0 radical (unpaired) electrons. The van der Waals surface area contributed by atoms with E-state index < -0.39 is 5.97 Å². The SMILES string of the molecule is CC(C)c1ccc(OCCCN(C(=O)Nc2ncc(SCC(=O)O)s2)[C@H]2CC[C@H](C)CC2)cc1. The maximum atomic E-state index is 13.2. The van der Waals surface area contributed by atoms with Crippen molar-refractivity contribution in [3.63, 3.8) is 0 Å². The van der Waals surface area contributed by atoms with E-state index in [1.54, 1.807) is 6.20 Å². The van der Waals surface area contributed by atoms with Crippen LogP contribution in [0.25, 0.3) is 0 Å². The number of ether oxygens (including phenoxy) is 1. The molecule has 3 rings (SSSR count). The molecule has 2 N–H and O–H groups in total. The van der Waals surface area contributed by atoms with E-state index in [9.17, 15) is 9.59 Å². The predicted molar refractivity (Wildman–Crippen MR) is 138 cm³/mol. The predicted octanol–water partition coefficient (Wildman–Crippen LogP) is 6.32. The molecule has 2 amide bonds. The van der Waals surface area contributed by atoms with Crippen molar-refractivity contribution in [2.45, 2.75) is 69.0 Å². The summed E-state index contributed by atoms with van der Waals surface area (Å²) in [5, 5.41) is 12.3. The lowest BCUT2D eigenvalue weighted by Gasteiger charge is -2.36. The lowest BCUT2D eigenvalue weighted by Crippen LogP contribution is -2.45. The Morgan fingerprint density at radius 1 is 1.24 bits per heavy atom. The minimum Gasteiger partial charge on any atom is -0.494 e. The lowest BCUT2D eigenvalue weighted by atomic mass is 9.86. The van der Waals surface area contributed by atoms with Gasteiger partial charge in [0.15, 0.2) is 5.13 Å². The van der Waals surface area contributed by atoms with E-state index in [0.717, 1.165) is 42.1 Å². The number of hydrogen-bond donors (Lipinski definition) is 2. The molecule has 186 valence electrons. The van der Waals surface area contributed by atoms with Crippen molar-refractivity contribution < 1.29 is 19.4 Å². The molecular formula is C25H35N3O4S2. The number of carbonyl (C=O) groups excluding carboxylic acids is 1. The number of nitrogens with one attached hydrogen (secondary N) is 1. The molecule has 0 atom stereocenters. The van der Waals surface area contributed by atoms with Crippen molar-refractivity contribution in [1.29, 1.82) is 0 Å². The smallest absolute Gasteiger partial charge is 0.323 e. The number of aromatic nitrogens is 1. The van der Waals surface area contributed by atoms with Crippen LogP contribution in [0.4, 0.5) is 9.93 Å². The van der Waals surface area contributed by atoms with E-state index in [-0.39, 0.29) is 17.8 Å². The molecule has 1 heterocycles. The van der Waals surface area contributed by atoms with Crippen molar-refractivity contribution in [3.8, 4) is 5.75 Å². The number of carbonyl (C=O) groups is 2. The zero-order chi connectivity index (χ0) is 24.5. The highest BCUT2D eigenvalue weighted by molar-refractivity contribution is 8.01. The fraction of sp³-hybridized carbons (Fsp3) is 0.560. The van der Waals surface area contributed by atoms with Crippen LogP contribution in [0, 0.1) is 5.92 Å². The number of carboxylic acid groups (broad SMARTS) is 1. The Labute approximate surface area is 210 Å². The maximum Gasteiger partial charge on any atom is 0.323 e. The van der Waals surface area contributed by atoms with Gasteiger partial charge < -0.3 is 14.7 Å². The van der Waals surface area contributed by atoms with Gasteiger partial charge in [0.05, 0.1) is 22.8 Å². The van der Waals surface area contributed by atoms with E-state index in [2.05, 4.69) is 43.2 Å². The Hall–Kier alpha value is -2.26. The summed E-state index contributed by atoms with van der Waals surface area (Å²) >= 11 is 2.51. The fourth-order valence-corrected chi connectivity index (χ4v) is 5.64. The number of hydrogen-bond acceptors (Lipinski definition) is 6. The molecule has 7 nitrogen and oxygen atoms in total. The third-order valence-corrected chi connectivity index (χ3v) is 8.17. The monoisotopic (exact) mass is 505 g/mol. The van der Waals surface area contributed by atoms with Gasteiger partial charge in [-0.3, -0.25) is 10.1 Å². The Kier molecular flexibility index (Phi) is 10.1. The maximum absolute atomic E-state index is 13.2. The van der Waals surface area contributed by atoms with E-state index in [1.165, 1.54) is 28.7 Å². The molecule has 9 heteroatoms. The van der Waals surface area contributed by atoms with Gasteiger partial charge in [-0.25, -0.2) is 9.78 Å². The minimum atomic E-state index is -0.875. The summed E-state index contributed by atoms with van der Waals surface area (Å²) in [4.78, 5) is 30.1. The zero-order valence-electron chi connectivity index (χ0n) is 20.2. The van der Waals surface area contributed by atoms with Crippen molar-refractivity contribution in [2.75, 3.05) is 24.2 Å². The molecule has 34 heavy (non-hydrogen) atoms. The topological polar surface area (TPSA) is 91.8 Å². The number of rotatable bonds is 11. The van der Waals surface area contributed by atoms with Crippen LogP contribution in [0.5, 0.6) is 5.75 Å². The van der Waals surface area contributed by atoms with Gasteiger partial charge in [-0.2, -0.15) is 0 Å². The summed E-state index contributed by atoms with van der Waals surface area (Å²) in [7, 11) is 0. The van der Waals surface area contributed by atoms with E-state index in [1.807, 2.05) is 17.0 Å². The summed E-state index contributed by atoms with van der Waals surface area (Å²) in [6, 6.07) is 8.27. The Morgan fingerprint density at radius 3 is 2.59 bits per heavy atom. The van der Waals surface area contributed by atoms with E-state index >= 15 is 0 Å². The molecule has 1 aromatic carbocycles. The van der Waals surface area contributed by atoms with Crippen molar-refractivity contribution in [1.82, 2.24) is 9.88 Å². The second-order valence-corrected chi connectivity index (χ2v) is 11.4. The third kappa shape index (κ3) is 8.20. The number of amides is 2. The van der Waals surface area contributed by atoms with Crippen LogP contribution in [0.15, 0.2) is 34.7 Å². The number of aliphatic carboxylic acids is 1. The molecule has 1 aromatic heterocycles. The number of carboxylic acids is 1. The first-order chi connectivity index (χ1) is 16.3. The first-order valence-corrected chi connectivity index (χ1v) is 13.7. The van der Waals surface area contributed by atoms with Crippen LogP contribution < -0.4 is 10.1 Å². The van der Waals surface area contributed by atoms with Gasteiger partial charge >= 0.3 is 12.0 Å². The second kappa shape index (κ2) is 13.0. The second-order valence-electron chi connectivity index (χ2n) is 9.13. The minimum absolute atomic E-state index is 0.0256. The fourth-order valence-electron chi connectivity index (χ4n) is 4.06. The number of benzene rings is 1. The van der Waals surface area contributed by atoms with Gasteiger partial charge in [-0.1, -0.05) is 44.2 Å². The molecule has 2 aromatic rings. The normalized spacial score (nSPS) is 18.0. The summed E-state index contributed by atoms with van der Waals surface area (Å²) < 4.78 is 6.69. The van der Waals surface area contributed by atoms with Gasteiger partial charge in [0.2, 0.25) is 0 Å². The standard InChI is InChI=1S/C25H35N3O4S2/c1-17(2)19-7-11-21(12-8-19)32-14-4-13-28(20-9-5-18(3)6-10-20)25(31)27-24-26-15-23(34-24)33-16-22(29)30/h7-8,11-12,15,17-18,20H,4-6,9-10,13-14,16H2,1-3H3,(H,29,30)(H,26,27,31)/t18-,20-. The summed E-state index contributed by atoms with van der Waals surface area (Å²) in [6.07, 6.45) is 6.61. The molecule has 1 aliphatic carbocycles. The summed E-state index contributed by atoms with van der Waals surface area (Å²) in [5.41, 5.74) is 1.29. The van der Waals surface area contributed by atoms with Crippen LogP contribution >= 0.6 is 23.1 Å². The molecule has 0 aliphatic heterocycles. The average Bonchev–Trinajstić information content (AvgIpc) is 3.26. The molecule has 0 unspecified atom stereocenters. The average molecular weight is 506 g/mol. The Balaban J connectivity index is 1.55. The quantitative estimate of drug-likeness (QED) is 0.274. The first-order valence-electron chi connectivity index (χ1n) is 11.9. The number of thioether (sulfide) groups is 1. The molecule has 1 aliphatic rings. The number of urea groups is 1. The van der Waals surface area contributed by atoms with Crippen molar-refractivity contribution >= 4 is 40.2 Å². The van der Waals surface area contributed by atoms with Gasteiger partial charge in [0, 0.05) is 12.6 Å². The Morgan fingerprint density at radius 2 is 1.94 bits per heavy atom. The van der Waals surface area contributed by atoms with Gasteiger partial charge in [-0.15, -0.1) is 11.8 Å². The first kappa shape index (κ1) is 26.3. The van der Waals surface area contributed by atoms with Crippen LogP contribution in [0.3, 0.4) is 0 Å². The van der Waals surface area contributed by atoms with Crippen molar-refractivity contribution in [3.05, 3.63) is 36.0 Å². The zero-order valence-corrected chi connectivity index (χ0v) is 21.8. The summed E-state index contributed by atoms with van der Waals surface area (Å²) in [5.74, 6) is 1.14. The molecule has 0 spiro atoms. The van der Waals surface area contributed by atoms with E-state index in [0.29, 0.717) is 30.1 Å². The highest BCUT2D eigenvalue weighted by atomic mass is 32.2. The van der Waals surface area contributed by atoms with Gasteiger partial charge in [-0.05, 0) is 61.6 Å². The lowest BCUT2D eigenvalue weighted by molar-refractivity contribution is -0.133. The largest absolute Gasteiger partial charge is 0.494 e. The van der Waals surface area contributed by atoms with E-state index in [4.69, 9.17) is 9.84 Å². The van der Waals surface area contributed by atoms with Gasteiger partial charge in [0.1, 0.15) is 5.75 Å². The number of anilines is 1. The van der Waals surface area contributed by atoms with Crippen LogP contribution in [0.2, 0.25) is 0 Å². The molecule has 0 bridgehead atoms. The van der Waals surface area contributed by atoms with Crippen LogP contribution in [-0.4, -0.2) is 51.9 Å². The number of nitrogens with zero attached hydrogens (tertiary/aromatic N) is 2. The molecular weight excluding hydrogens is 470 g/mol. The van der Waals surface area contributed by atoms with Crippen molar-refractivity contribution in [2.24, 2.45) is 5.92 Å². The third-order valence-electron chi connectivity index (χ3n) is 6.08. The Bertz CT molecular complexity index is 924. The number of thiazole rings is 1. The molecule has 0 saturated heterocycles. The van der Waals surface area contributed by atoms with Crippen LogP contribution in [-0.2, 0) is 4.79 Å². The highest BCUT2D eigenvalue weighted by Crippen LogP contribution is 2.30. The molecule has 1 saturated carbocycles. The summed E-state index contributed by atoms with van der Waals surface area (Å²) in [6.45, 7) is 7.76. The highest BCUT2D eigenvalue weighted by Gasteiger charge is 2.28. The van der Waals surface area contributed by atoms with Gasteiger partial charge in [0.25, 0.3) is 0 Å². The molecule has 1 fully saturated rings.